The fraction of sp³-hybridized carbons (Fsp3) is 0.143. The van der Waals surface area contributed by atoms with Gasteiger partial charge in [0.2, 0.25) is 0 Å². The number of rotatable bonds is 6. The molecule has 144 valence electrons. The minimum atomic E-state index is -0.275. The van der Waals surface area contributed by atoms with E-state index in [0.29, 0.717) is 33.6 Å². The molecule has 1 amide bonds. The zero-order valence-electron chi connectivity index (χ0n) is 15.7. The van der Waals surface area contributed by atoms with Crippen molar-refractivity contribution in [1.29, 1.82) is 0 Å². The van der Waals surface area contributed by atoms with Crippen LogP contribution in [0, 0.1) is 6.92 Å². The third-order valence-electron chi connectivity index (χ3n) is 4.12. The second-order valence-electron chi connectivity index (χ2n) is 6.01. The lowest BCUT2D eigenvalue weighted by Gasteiger charge is -2.13. The molecular formula is C21H20ClN3O3. The largest absolute Gasteiger partial charge is 0.495 e. The van der Waals surface area contributed by atoms with Gasteiger partial charge in [-0.05, 0) is 42.8 Å². The predicted molar refractivity (Wildman–Crippen MR) is 111 cm³/mol. The Balaban J connectivity index is 1.75. The summed E-state index contributed by atoms with van der Waals surface area (Å²) in [6.07, 6.45) is 1.50. The van der Waals surface area contributed by atoms with Crippen molar-refractivity contribution < 1.29 is 14.3 Å². The van der Waals surface area contributed by atoms with Crippen LogP contribution in [0.4, 0.5) is 17.2 Å². The number of hydrogen-bond acceptors (Lipinski definition) is 5. The molecule has 0 aliphatic rings. The molecule has 7 heteroatoms. The summed E-state index contributed by atoms with van der Waals surface area (Å²) in [5.41, 5.74) is 2.68. The number of benzene rings is 2. The van der Waals surface area contributed by atoms with E-state index in [0.717, 1.165) is 11.3 Å². The van der Waals surface area contributed by atoms with Crippen LogP contribution in [0.1, 0.15) is 15.9 Å². The van der Waals surface area contributed by atoms with Gasteiger partial charge in [0.05, 0.1) is 31.2 Å². The Morgan fingerprint density at radius 2 is 1.75 bits per heavy atom. The molecule has 0 aliphatic carbocycles. The first kappa shape index (κ1) is 19.5. The van der Waals surface area contributed by atoms with E-state index in [1.165, 1.54) is 6.20 Å². The highest BCUT2D eigenvalue weighted by Crippen LogP contribution is 2.32. The number of amides is 1. The first-order chi connectivity index (χ1) is 13.5. The second kappa shape index (κ2) is 8.63. The number of aromatic nitrogens is 1. The van der Waals surface area contributed by atoms with Gasteiger partial charge in [0, 0.05) is 17.3 Å². The van der Waals surface area contributed by atoms with Gasteiger partial charge in [0.15, 0.2) is 0 Å². The lowest BCUT2D eigenvalue weighted by atomic mass is 10.2. The van der Waals surface area contributed by atoms with E-state index in [1.807, 2.05) is 25.1 Å². The van der Waals surface area contributed by atoms with E-state index in [1.54, 1.807) is 44.6 Å². The van der Waals surface area contributed by atoms with Gasteiger partial charge in [-0.15, -0.1) is 0 Å². The van der Waals surface area contributed by atoms with E-state index < -0.39 is 0 Å². The standard InChI is InChI=1S/C21H20ClN3O3/c1-13-10-17(19(28-3)11-15(13)22)24-20-9-8-14(12-23-20)21(26)25-16-6-4-5-7-18(16)27-2/h4-12H,1-3H3,(H,23,24)(H,25,26). The summed E-state index contributed by atoms with van der Waals surface area (Å²) in [6.45, 7) is 1.91. The van der Waals surface area contributed by atoms with Crippen LogP contribution in [0.3, 0.4) is 0 Å². The molecule has 0 saturated heterocycles. The summed E-state index contributed by atoms with van der Waals surface area (Å²) in [7, 11) is 3.13. The van der Waals surface area contributed by atoms with Crippen molar-refractivity contribution in [2.75, 3.05) is 24.9 Å². The maximum absolute atomic E-state index is 12.5. The molecule has 0 bridgehead atoms. The molecule has 0 radical (unpaired) electrons. The van der Waals surface area contributed by atoms with Gasteiger partial charge in [-0.25, -0.2) is 4.98 Å². The minimum Gasteiger partial charge on any atom is -0.495 e. The van der Waals surface area contributed by atoms with Crippen LogP contribution in [-0.2, 0) is 0 Å². The maximum Gasteiger partial charge on any atom is 0.257 e. The smallest absolute Gasteiger partial charge is 0.257 e. The van der Waals surface area contributed by atoms with Crippen LogP contribution < -0.4 is 20.1 Å². The predicted octanol–water partition coefficient (Wildman–Crippen LogP) is 5.06. The summed E-state index contributed by atoms with van der Waals surface area (Å²) < 4.78 is 10.6. The molecule has 2 aromatic carbocycles. The average molecular weight is 398 g/mol. The molecule has 0 atom stereocenters. The van der Waals surface area contributed by atoms with Crippen LogP contribution in [0.25, 0.3) is 0 Å². The van der Waals surface area contributed by atoms with Gasteiger partial charge in [-0.3, -0.25) is 4.79 Å². The average Bonchev–Trinajstić information content (AvgIpc) is 2.71. The van der Waals surface area contributed by atoms with Crippen LogP contribution in [0.5, 0.6) is 11.5 Å². The fourth-order valence-corrected chi connectivity index (χ4v) is 2.77. The van der Waals surface area contributed by atoms with E-state index in [-0.39, 0.29) is 5.91 Å². The zero-order valence-corrected chi connectivity index (χ0v) is 16.5. The number of carbonyl (C=O) groups excluding carboxylic acids is 1. The number of anilines is 3. The molecule has 6 nitrogen and oxygen atoms in total. The number of para-hydroxylation sites is 2. The van der Waals surface area contributed by atoms with E-state index in [2.05, 4.69) is 15.6 Å². The van der Waals surface area contributed by atoms with Gasteiger partial charge in [-0.2, -0.15) is 0 Å². The number of nitrogens with one attached hydrogen (secondary N) is 2. The highest BCUT2D eigenvalue weighted by molar-refractivity contribution is 6.31. The van der Waals surface area contributed by atoms with Crippen molar-refractivity contribution in [3.63, 3.8) is 0 Å². The Morgan fingerprint density at radius 3 is 2.43 bits per heavy atom. The van der Waals surface area contributed by atoms with Gasteiger partial charge in [-0.1, -0.05) is 23.7 Å². The number of methoxy groups -OCH3 is 2. The van der Waals surface area contributed by atoms with Gasteiger partial charge in [0.1, 0.15) is 17.3 Å². The summed E-state index contributed by atoms with van der Waals surface area (Å²) in [5.74, 6) is 1.50. The molecule has 1 heterocycles. The molecule has 28 heavy (non-hydrogen) atoms. The summed E-state index contributed by atoms with van der Waals surface area (Å²) in [5, 5.41) is 6.62. The highest BCUT2D eigenvalue weighted by atomic mass is 35.5. The van der Waals surface area contributed by atoms with Crippen molar-refractivity contribution in [3.8, 4) is 11.5 Å². The van der Waals surface area contributed by atoms with Crippen LogP contribution >= 0.6 is 11.6 Å². The van der Waals surface area contributed by atoms with Gasteiger partial charge >= 0.3 is 0 Å². The number of hydrogen-bond donors (Lipinski definition) is 2. The van der Waals surface area contributed by atoms with Crippen LogP contribution in [0.15, 0.2) is 54.7 Å². The van der Waals surface area contributed by atoms with Gasteiger partial charge < -0.3 is 20.1 Å². The van der Waals surface area contributed by atoms with Crippen LogP contribution in [0.2, 0.25) is 5.02 Å². The van der Waals surface area contributed by atoms with Crippen molar-refractivity contribution in [1.82, 2.24) is 4.98 Å². The number of aryl methyl sites for hydroxylation is 1. The van der Waals surface area contributed by atoms with Crippen molar-refractivity contribution in [3.05, 3.63) is 70.9 Å². The number of ether oxygens (including phenoxy) is 2. The van der Waals surface area contributed by atoms with Crippen molar-refractivity contribution in [2.24, 2.45) is 0 Å². The lowest BCUT2D eigenvalue weighted by molar-refractivity contribution is 0.102. The number of halogens is 1. The maximum atomic E-state index is 12.5. The SMILES string of the molecule is COc1ccccc1NC(=O)c1ccc(Nc2cc(C)c(Cl)cc2OC)nc1. The number of pyridine rings is 1. The van der Waals surface area contributed by atoms with E-state index >= 15 is 0 Å². The number of carbonyl (C=O) groups is 1. The quantitative estimate of drug-likeness (QED) is 0.608. The Morgan fingerprint density at radius 1 is 1.00 bits per heavy atom. The van der Waals surface area contributed by atoms with Crippen molar-refractivity contribution in [2.45, 2.75) is 6.92 Å². The van der Waals surface area contributed by atoms with Crippen LogP contribution in [-0.4, -0.2) is 25.1 Å². The number of nitrogens with zero attached hydrogens (tertiary/aromatic N) is 1. The first-order valence-corrected chi connectivity index (χ1v) is 8.91. The monoisotopic (exact) mass is 397 g/mol. The Kier molecular flexibility index (Phi) is 6.01. The topological polar surface area (TPSA) is 72.5 Å². The van der Waals surface area contributed by atoms with E-state index in [4.69, 9.17) is 21.1 Å². The Hall–Kier alpha value is -3.25. The third-order valence-corrected chi connectivity index (χ3v) is 4.53. The molecule has 0 fully saturated rings. The summed E-state index contributed by atoms with van der Waals surface area (Å²) >= 11 is 6.13. The molecule has 3 rings (SSSR count). The lowest BCUT2D eigenvalue weighted by Crippen LogP contribution is -2.13. The molecule has 0 saturated carbocycles. The second-order valence-corrected chi connectivity index (χ2v) is 6.42. The Labute approximate surface area is 168 Å². The molecule has 0 aliphatic heterocycles. The third kappa shape index (κ3) is 4.35. The van der Waals surface area contributed by atoms with Gasteiger partial charge in [0.25, 0.3) is 5.91 Å². The fourth-order valence-electron chi connectivity index (χ4n) is 2.61. The minimum absolute atomic E-state index is 0.275. The molecule has 1 aromatic heterocycles. The highest BCUT2D eigenvalue weighted by Gasteiger charge is 2.11. The molecule has 0 unspecified atom stereocenters. The summed E-state index contributed by atoms with van der Waals surface area (Å²) in [4.78, 5) is 16.8. The summed E-state index contributed by atoms with van der Waals surface area (Å²) in [6, 6.07) is 14.3. The molecule has 2 N–H and O–H groups in total. The normalized spacial score (nSPS) is 10.3. The van der Waals surface area contributed by atoms with E-state index in [9.17, 15) is 4.79 Å². The first-order valence-electron chi connectivity index (χ1n) is 8.53. The molecule has 3 aromatic rings. The zero-order chi connectivity index (χ0) is 20.1. The Bertz CT molecular complexity index is 991. The molecular weight excluding hydrogens is 378 g/mol. The molecule has 0 spiro atoms. The van der Waals surface area contributed by atoms with Crippen molar-refractivity contribution >= 4 is 34.7 Å².